The van der Waals surface area contributed by atoms with Gasteiger partial charge in [-0.25, -0.2) is 8.78 Å². The maximum absolute atomic E-state index is 13.6. The van der Waals surface area contributed by atoms with Crippen molar-refractivity contribution in [2.24, 2.45) is 0 Å². The van der Waals surface area contributed by atoms with Crippen LogP contribution in [0.5, 0.6) is 0 Å². The summed E-state index contributed by atoms with van der Waals surface area (Å²) in [6, 6.07) is 12.4. The standard InChI is InChI=1S/C29H28F2N4O3S/c1-32-29(37)27-23-13-22(18-4-3-11-35(16-18)26(36)12-21-10-9-20(31)15-33-21)24(34(2)39)14-25(23)38-28(27)17-5-7-19(30)8-6-17/h5-10,13-15,18,39H,3-4,11-12,16H2,1-2H3,(H,32,37)/t18-/m1/s1. The first-order valence-electron chi connectivity index (χ1n) is 12.6. The minimum absolute atomic E-state index is 0.0143. The zero-order valence-corrected chi connectivity index (χ0v) is 22.5. The Morgan fingerprint density at radius 1 is 1.15 bits per heavy atom. The van der Waals surface area contributed by atoms with Crippen LogP contribution >= 0.6 is 12.8 Å². The second-order valence-electron chi connectivity index (χ2n) is 9.65. The number of benzene rings is 2. The molecule has 1 fully saturated rings. The Morgan fingerprint density at radius 3 is 2.56 bits per heavy atom. The van der Waals surface area contributed by atoms with Gasteiger partial charge in [-0.3, -0.25) is 14.6 Å². The van der Waals surface area contributed by atoms with Gasteiger partial charge < -0.3 is 18.9 Å². The van der Waals surface area contributed by atoms with Crippen LogP contribution < -0.4 is 9.62 Å². The smallest absolute Gasteiger partial charge is 0.255 e. The van der Waals surface area contributed by atoms with Crippen LogP contribution in [0.4, 0.5) is 14.5 Å². The van der Waals surface area contributed by atoms with Crippen molar-refractivity contribution in [2.45, 2.75) is 25.2 Å². The molecule has 7 nitrogen and oxygen atoms in total. The molecular weight excluding hydrogens is 522 g/mol. The van der Waals surface area contributed by atoms with E-state index in [0.717, 1.165) is 30.3 Å². The van der Waals surface area contributed by atoms with E-state index in [9.17, 15) is 18.4 Å². The molecule has 4 aromatic rings. The molecule has 0 saturated carbocycles. The Balaban J connectivity index is 1.53. The third-order valence-corrected chi connectivity index (χ3v) is 7.30. The molecule has 1 saturated heterocycles. The van der Waals surface area contributed by atoms with Crippen molar-refractivity contribution in [3.63, 3.8) is 0 Å². The summed E-state index contributed by atoms with van der Waals surface area (Å²) < 4.78 is 34.7. The third-order valence-electron chi connectivity index (χ3n) is 7.08. The molecule has 1 aliphatic rings. The molecule has 39 heavy (non-hydrogen) atoms. The zero-order valence-electron chi connectivity index (χ0n) is 21.6. The monoisotopic (exact) mass is 550 g/mol. The lowest BCUT2D eigenvalue weighted by atomic mass is 9.88. The first-order chi connectivity index (χ1) is 18.7. The summed E-state index contributed by atoms with van der Waals surface area (Å²) in [5, 5.41) is 3.31. The lowest BCUT2D eigenvalue weighted by molar-refractivity contribution is -0.131. The number of piperidine rings is 1. The van der Waals surface area contributed by atoms with E-state index in [4.69, 9.17) is 4.42 Å². The van der Waals surface area contributed by atoms with E-state index >= 15 is 0 Å². The van der Waals surface area contributed by atoms with Gasteiger partial charge in [-0.1, -0.05) is 12.8 Å². The number of fused-ring (bicyclic) bond motifs is 1. The van der Waals surface area contributed by atoms with E-state index in [1.807, 2.05) is 24.1 Å². The van der Waals surface area contributed by atoms with E-state index in [1.54, 1.807) is 23.5 Å². The summed E-state index contributed by atoms with van der Waals surface area (Å²) in [5.41, 5.74) is 3.70. The molecule has 10 heteroatoms. The number of carbonyl (C=O) groups excluding carboxylic acids is 2. The summed E-state index contributed by atoms with van der Waals surface area (Å²) in [6.45, 7) is 1.10. The number of likely N-dealkylation sites (tertiary alicyclic amines) is 1. The molecule has 0 spiro atoms. The molecule has 0 bridgehead atoms. The topological polar surface area (TPSA) is 78.7 Å². The molecule has 2 aromatic carbocycles. The van der Waals surface area contributed by atoms with E-state index in [-0.39, 0.29) is 30.0 Å². The zero-order chi connectivity index (χ0) is 27.7. The van der Waals surface area contributed by atoms with Crippen molar-refractivity contribution < 1.29 is 22.8 Å². The summed E-state index contributed by atoms with van der Waals surface area (Å²) >= 11 is 4.56. The number of nitrogens with zero attached hydrogens (tertiary/aromatic N) is 3. The van der Waals surface area contributed by atoms with Crippen LogP contribution in [-0.2, 0) is 11.2 Å². The fourth-order valence-electron chi connectivity index (χ4n) is 5.15. The maximum Gasteiger partial charge on any atom is 0.255 e. The average molecular weight is 551 g/mol. The van der Waals surface area contributed by atoms with Crippen molar-refractivity contribution in [3.05, 3.63) is 83.2 Å². The normalized spacial score (nSPS) is 15.4. The van der Waals surface area contributed by atoms with Crippen molar-refractivity contribution in [1.82, 2.24) is 15.2 Å². The predicted octanol–water partition coefficient (Wildman–Crippen LogP) is 5.36. The number of furan rings is 1. The van der Waals surface area contributed by atoms with Crippen molar-refractivity contribution >= 4 is 41.3 Å². The third kappa shape index (κ3) is 5.47. The number of thiol groups is 1. The number of halogens is 2. The van der Waals surface area contributed by atoms with Gasteiger partial charge in [-0.15, -0.1) is 0 Å². The quantitative estimate of drug-likeness (QED) is 0.316. The van der Waals surface area contributed by atoms with Crippen LogP contribution in [0.2, 0.25) is 0 Å². The van der Waals surface area contributed by atoms with E-state index in [1.165, 1.54) is 24.3 Å². The van der Waals surface area contributed by atoms with E-state index < -0.39 is 5.82 Å². The van der Waals surface area contributed by atoms with Crippen molar-refractivity contribution in [3.8, 4) is 11.3 Å². The fraction of sp³-hybridized carbons (Fsp3) is 0.276. The molecule has 0 unspecified atom stereocenters. The fourth-order valence-corrected chi connectivity index (χ4v) is 5.32. The minimum Gasteiger partial charge on any atom is -0.455 e. The second-order valence-corrected chi connectivity index (χ2v) is 10.2. The number of hydrogen-bond donors (Lipinski definition) is 2. The number of aromatic nitrogens is 1. The second kappa shape index (κ2) is 11.1. The molecule has 0 aliphatic carbocycles. The number of hydrogen-bond acceptors (Lipinski definition) is 6. The van der Waals surface area contributed by atoms with Gasteiger partial charge >= 0.3 is 0 Å². The predicted molar refractivity (Wildman–Crippen MR) is 149 cm³/mol. The minimum atomic E-state index is -0.444. The summed E-state index contributed by atoms with van der Waals surface area (Å²) in [5.74, 6) is -0.891. The van der Waals surface area contributed by atoms with Gasteiger partial charge in [0.2, 0.25) is 5.91 Å². The van der Waals surface area contributed by atoms with Crippen LogP contribution in [0, 0.1) is 11.6 Å². The molecule has 1 aliphatic heterocycles. The van der Waals surface area contributed by atoms with Gasteiger partial charge in [-0.2, -0.15) is 0 Å². The van der Waals surface area contributed by atoms with Crippen LogP contribution in [0.15, 0.2) is 59.1 Å². The molecule has 202 valence electrons. The van der Waals surface area contributed by atoms with Gasteiger partial charge in [0.1, 0.15) is 23.0 Å². The Morgan fingerprint density at radius 2 is 1.90 bits per heavy atom. The highest BCUT2D eigenvalue weighted by molar-refractivity contribution is 7.81. The van der Waals surface area contributed by atoms with Gasteiger partial charge in [0, 0.05) is 55.8 Å². The molecule has 1 atom stereocenters. The summed E-state index contributed by atoms with van der Waals surface area (Å²) in [4.78, 5) is 32.0. The highest BCUT2D eigenvalue weighted by atomic mass is 32.1. The Bertz CT molecular complexity index is 1520. The lowest BCUT2D eigenvalue weighted by Gasteiger charge is -2.34. The largest absolute Gasteiger partial charge is 0.455 e. The highest BCUT2D eigenvalue weighted by Gasteiger charge is 2.30. The van der Waals surface area contributed by atoms with Gasteiger partial charge in [0.15, 0.2) is 0 Å². The van der Waals surface area contributed by atoms with E-state index in [0.29, 0.717) is 46.6 Å². The highest BCUT2D eigenvalue weighted by Crippen LogP contribution is 2.41. The van der Waals surface area contributed by atoms with Crippen LogP contribution in [0.25, 0.3) is 22.3 Å². The average Bonchev–Trinajstić information content (AvgIpc) is 3.32. The molecule has 2 amide bonds. The maximum atomic E-state index is 13.6. The number of pyridine rings is 1. The summed E-state index contributed by atoms with van der Waals surface area (Å²) in [7, 11) is 3.36. The number of amides is 2. The molecule has 0 radical (unpaired) electrons. The number of carbonyl (C=O) groups is 2. The Labute approximate surface area is 230 Å². The number of rotatable bonds is 6. The molecule has 1 N–H and O–H groups in total. The molecule has 2 aromatic heterocycles. The SMILES string of the molecule is CNC(=O)c1c(-c2ccc(F)cc2)oc2cc(N(C)S)c([C@@H]3CCCN(C(=O)Cc4ccc(F)cn4)C3)cc12. The van der Waals surface area contributed by atoms with Crippen molar-refractivity contribution in [1.29, 1.82) is 0 Å². The number of nitrogens with one attached hydrogen (secondary N) is 1. The lowest BCUT2D eigenvalue weighted by Crippen LogP contribution is -2.40. The van der Waals surface area contributed by atoms with Crippen LogP contribution in [0.1, 0.15) is 40.4 Å². The molecular formula is C29H28F2N4O3S. The van der Waals surface area contributed by atoms with E-state index in [2.05, 4.69) is 23.1 Å². The first kappa shape index (κ1) is 26.7. The van der Waals surface area contributed by atoms with Crippen LogP contribution in [-0.4, -0.2) is 48.9 Å². The first-order valence-corrected chi connectivity index (χ1v) is 13.0. The summed E-state index contributed by atoms with van der Waals surface area (Å²) in [6.07, 6.45) is 2.85. The Hall–Kier alpha value is -3.92. The molecule has 3 heterocycles. The van der Waals surface area contributed by atoms with Gasteiger partial charge in [0.25, 0.3) is 5.91 Å². The van der Waals surface area contributed by atoms with Gasteiger partial charge in [0.05, 0.1) is 23.9 Å². The molecule has 5 rings (SSSR count). The van der Waals surface area contributed by atoms with Crippen LogP contribution in [0.3, 0.4) is 0 Å². The van der Waals surface area contributed by atoms with Crippen molar-refractivity contribution in [2.75, 3.05) is 31.5 Å². The number of anilines is 1. The van der Waals surface area contributed by atoms with Gasteiger partial charge in [-0.05, 0) is 60.9 Å². The Kier molecular flexibility index (Phi) is 7.56.